The highest BCUT2D eigenvalue weighted by Crippen LogP contribution is 2.28. The zero-order valence-electron chi connectivity index (χ0n) is 16.2. The molecular formula is C22H19N5O2S. The number of carbonyl (C=O) groups excluding carboxylic acids is 2. The van der Waals surface area contributed by atoms with Crippen LogP contribution in [0.1, 0.15) is 21.6 Å². The van der Waals surface area contributed by atoms with Crippen molar-refractivity contribution in [2.75, 3.05) is 5.32 Å². The lowest BCUT2D eigenvalue weighted by atomic mass is 10.0. The van der Waals surface area contributed by atoms with Crippen LogP contribution in [0.25, 0.3) is 16.9 Å². The number of rotatable bonds is 6. The van der Waals surface area contributed by atoms with Gasteiger partial charge in [-0.15, -0.1) is 11.3 Å². The Morgan fingerprint density at radius 1 is 1.10 bits per heavy atom. The zero-order valence-corrected chi connectivity index (χ0v) is 17.0. The molecule has 2 aromatic carbocycles. The molecule has 0 aliphatic heterocycles. The third kappa shape index (κ3) is 4.13. The molecule has 0 saturated carbocycles. The molecule has 2 aromatic heterocycles. The van der Waals surface area contributed by atoms with Gasteiger partial charge < -0.3 is 5.73 Å². The molecule has 0 fully saturated rings. The molecule has 0 unspecified atom stereocenters. The largest absolute Gasteiger partial charge is 0.369 e. The van der Waals surface area contributed by atoms with Crippen LogP contribution in [0.2, 0.25) is 0 Å². The fourth-order valence-corrected chi connectivity index (χ4v) is 3.78. The molecule has 4 rings (SSSR count). The first-order valence-electron chi connectivity index (χ1n) is 9.26. The Kier molecular flexibility index (Phi) is 5.40. The summed E-state index contributed by atoms with van der Waals surface area (Å²) in [6.45, 7) is 1.98. The summed E-state index contributed by atoms with van der Waals surface area (Å²) in [6, 6.07) is 17.4. The van der Waals surface area contributed by atoms with Gasteiger partial charge in [0.05, 0.1) is 23.4 Å². The summed E-state index contributed by atoms with van der Waals surface area (Å²) in [5, 5.41) is 9.61. The van der Waals surface area contributed by atoms with Crippen molar-refractivity contribution in [3.63, 3.8) is 0 Å². The number of carbonyl (C=O) groups is 2. The van der Waals surface area contributed by atoms with E-state index in [4.69, 9.17) is 10.8 Å². The van der Waals surface area contributed by atoms with E-state index in [-0.39, 0.29) is 12.3 Å². The van der Waals surface area contributed by atoms with Crippen molar-refractivity contribution >= 4 is 28.3 Å². The number of para-hydroxylation sites is 1. The van der Waals surface area contributed by atoms with E-state index in [0.717, 1.165) is 16.8 Å². The predicted molar refractivity (Wildman–Crippen MR) is 117 cm³/mol. The van der Waals surface area contributed by atoms with E-state index in [2.05, 4.69) is 10.3 Å². The number of nitrogens with zero attached hydrogens (tertiary/aromatic N) is 3. The van der Waals surface area contributed by atoms with Crippen molar-refractivity contribution in [1.82, 2.24) is 14.8 Å². The molecule has 8 heteroatoms. The van der Waals surface area contributed by atoms with Crippen LogP contribution in [0.3, 0.4) is 0 Å². The minimum atomic E-state index is -0.468. The number of thiazole rings is 1. The van der Waals surface area contributed by atoms with E-state index < -0.39 is 5.91 Å². The summed E-state index contributed by atoms with van der Waals surface area (Å²) in [5.41, 5.74) is 9.50. The van der Waals surface area contributed by atoms with E-state index in [1.807, 2.05) is 61.5 Å². The minimum Gasteiger partial charge on any atom is -0.369 e. The smallest absolute Gasteiger partial charge is 0.261 e. The maximum atomic E-state index is 13.1. The average Bonchev–Trinajstić information content (AvgIpc) is 3.36. The van der Waals surface area contributed by atoms with E-state index in [9.17, 15) is 9.59 Å². The lowest BCUT2D eigenvalue weighted by Crippen LogP contribution is -2.14. The van der Waals surface area contributed by atoms with Gasteiger partial charge in [0.1, 0.15) is 5.69 Å². The fraction of sp³-hybridized carbons (Fsp3) is 0.0909. The maximum Gasteiger partial charge on any atom is 0.261 e. The molecule has 3 N–H and O–H groups in total. The molecule has 4 aromatic rings. The number of benzene rings is 2. The molecule has 150 valence electrons. The summed E-state index contributed by atoms with van der Waals surface area (Å²) in [6.07, 6.45) is 1.75. The maximum absolute atomic E-state index is 13.1. The van der Waals surface area contributed by atoms with Crippen molar-refractivity contribution in [3.8, 4) is 16.9 Å². The lowest BCUT2D eigenvalue weighted by molar-refractivity contribution is -0.117. The van der Waals surface area contributed by atoms with Gasteiger partial charge in [0, 0.05) is 17.1 Å². The molecule has 7 nitrogen and oxygen atoms in total. The molecule has 0 spiro atoms. The van der Waals surface area contributed by atoms with Gasteiger partial charge in [-0.2, -0.15) is 5.10 Å². The van der Waals surface area contributed by atoms with Crippen molar-refractivity contribution < 1.29 is 9.59 Å². The number of hydrogen-bond acceptors (Lipinski definition) is 5. The molecule has 30 heavy (non-hydrogen) atoms. The van der Waals surface area contributed by atoms with Gasteiger partial charge in [0.15, 0.2) is 5.13 Å². The van der Waals surface area contributed by atoms with Crippen molar-refractivity contribution in [2.45, 2.75) is 13.3 Å². The first kappa shape index (κ1) is 19.5. The van der Waals surface area contributed by atoms with Crippen LogP contribution in [0.5, 0.6) is 0 Å². The van der Waals surface area contributed by atoms with E-state index >= 15 is 0 Å². The molecule has 0 bridgehead atoms. The highest BCUT2D eigenvalue weighted by molar-refractivity contribution is 7.14. The van der Waals surface area contributed by atoms with Gasteiger partial charge in [-0.3, -0.25) is 14.9 Å². The van der Waals surface area contributed by atoms with E-state index in [1.54, 1.807) is 16.3 Å². The van der Waals surface area contributed by atoms with Crippen molar-refractivity contribution in [1.29, 1.82) is 0 Å². The monoisotopic (exact) mass is 417 g/mol. The number of hydrogen-bond donors (Lipinski definition) is 2. The van der Waals surface area contributed by atoms with Crippen molar-refractivity contribution in [2.24, 2.45) is 5.73 Å². The number of aromatic nitrogens is 3. The summed E-state index contributed by atoms with van der Waals surface area (Å²) in [4.78, 5) is 28.4. The van der Waals surface area contributed by atoms with Crippen LogP contribution < -0.4 is 11.1 Å². The minimum absolute atomic E-state index is 0.0345. The number of primary amides is 1. The molecule has 2 amide bonds. The summed E-state index contributed by atoms with van der Waals surface area (Å²) in [5.74, 6) is -0.792. The quantitative estimate of drug-likeness (QED) is 0.500. The summed E-state index contributed by atoms with van der Waals surface area (Å²) < 4.78 is 1.69. The topological polar surface area (TPSA) is 103 Å². The normalized spacial score (nSPS) is 10.7. The number of amides is 2. The first-order valence-corrected chi connectivity index (χ1v) is 10.1. The standard InChI is InChI=1S/C22H19N5O2S/c1-14-7-5-6-10-17(14)20-18(12-27(26-20)16-8-3-2-4-9-16)21(29)25-22-24-15(13-30-22)11-19(23)28/h2-10,12-13H,11H2,1H3,(H2,23,28)(H,24,25,29). The van der Waals surface area contributed by atoms with E-state index in [1.165, 1.54) is 11.3 Å². The third-order valence-corrected chi connectivity index (χ3v) is 5.31. The Morgan fingerprint density at radius 2 is 1.83 bits per heavy atom. The van der Waals surface area contributed by atoms with Crippen LogP contribution in [-0.2, 0) is 11.2 Å². The van der Waals surface area contributed by atoms with Gasteiger partial charge in [-0.05, 0) is 24.6 Å². The molecule has 0 saturated heterocycles. The molecule has 0 atom stereocenters. The van der Waals surface area contributed by atoms with Crippen LogP contribution in [0.4, 0.5) is 5.13 Å². The van der Waals surface area contributed by atoms with Gasteiger partial charge in [-0.25, -0.2) is 9.67 Å². The fourth-order valence-electron chi connectivity index (χ4n) is 3.08. The lowest BCUT2D eigenvalue weighted by Gasteiger charge is -2.05. The Bertz CT molecular complexity index is 1210. The molecular weight excluding hydrogens is 398 g/mol. The number of anilines is 1. The third-order valence-electron chi connectivity index (χ3n) is 4.51. The second kappa shape index (κ2) is 8.30. The number of aryl methyl sites for hydroxylation is 1. The molecule has 2 heterocycles. The van der Waals surface area contributed by atoms with Gasteiger partial charge in [-0.1, -0.05) is 42.5 Å². The van der Waals surface area contributed by atoms with Gasteiger partial charge >= 0.3 is 0 Å². The zero-order chi connectivity index (χ0) is 21.1. The Labute approximate surface area is 177 Å². The molecule has 0 radical (unpaired) electrons. The van der Waals surface area contributed by atoms with Crippen LogP contribution in [0.15, 0.2) is 66.2 Å². The predicted octanol–water partition coefficient (Wildman–Crippen LogP) is 3.58. The van der Waals surface area contributed by atoms with Gasteiger partial charge in [0.25, 0.3) is 5.91 Å². The van der Waals surface area contributed by atoms with Crippen molar-refractivity contribution in [3.05, 3.63) is 83.0 Å². The Hall–Kier alpha value is -3.78. The highest BCUT2D eigenvalue weighted by atomic mass is 32.1. The first-order chi connectivity index (χ1) is 14.5. The van der Waals surface area contributed by atoms with Crippen LogP contribution in [-0.4, -0.2) is 26.6 Å². The number of nitrogens with two attached hydrogens (primary N) is 1. The second-order valence-corrected chi connectivity index (χ2v) is 7.59. The van der Waals surface area contributed by atoms with Gasteiger partial charge in [0.2, 0.25) is 5.91 Å². The van der Waals surface area contributed by atoms with E-state index in [0.29, 0.717) is 22.1 Å². The molecule has 0 aliphatic carbocycles. The van der Waals surface area contributed by atoms with Crippen LogP contribution >= 0.6 is 11.3 Å². The molecule has 0 aliphatic rings. The summed E-state index contributed by atoms with van der Waals surface area (Å²) in [7, 11) is 0. The Balaban J connectivity index is 1.71. The highest BCUT2D eigenvalue weighted by Gasteiger charge is 2.21. The second-order valence-electron chi connectivity index (χ2n) is 6.73. The Morgan fingerprint density at radius 3 is 2.57 bits per heavy atom. The average molecular weight is 417 g/mol. The summed E-state index contributed by atoms with van der Waals surface area (Å²) >= 11 is 1.24. The number of nitrogens with one attached hydrogen (secondary N) is 1. The van der Waals surface area contributed by atoms with Crippen LogP contribution in [0, 0.1) is 6.92 Å². The SMILES string of the molecule is Cc1ccccc1-c1nn(-c2ccccc2)cc1C(=O)Nc1nc(CC(N)=O)cs1.